The molecule has 2 rings (SSSR count). The van der Waals surface area contributed by atoms with E-state index < -0.39 is 5.41 Å². The average Bonchev–Trinajstić information content (AvgIpc) is 2.58. The van der Waals surface area contributed by atoms with Crippen LogP contribution in [-0.4, -0.2) is 56.1 Å². The second-order valence-corrected chi connectivity index (χ2v) is 7.18. The molecule has 0 unspecified atom stereocenters. The number of anilines is 1. The number of amides is 2. The third-order valence-electron chi connectivity index (χ3n) is 4.39. The maximum atomic E-state index is 12.5. The minimum atomic E-state index is -1.17. The molecular formula is C18H26ClN3O3. The first kappa shape index (κ1) is 19.7. The Morgan fingerprint density at radius 2 is 1.92 bits per heavy atom. The van der Waals surface area contributed by atoms with E-state index >= 15 is 0 Å². The Morgan fingerprint density at radius 3 is 2.56 bits per heavy atom. The number of morpholine rings is 1. The van der Waals surface area contributed by atoms with E-state index in [1.807, 2.05) is 6.92 Å². The lowest BCUT2D eigenvalue weighted by atomic mass is 9.90. The summed E-state index contributed by atoms with van der Waals surface area (Å²) < 4.78 is 5.30. The first-order valence-corrected chi connectivity index (χ1v) is 8.84. The first-order chi connectivity index (χ1) is 11.8. The molecule has 0 aliphatic carbocycles. The van der Waals surface area contributed by atoms with E-state index in [0.717, 1.165) is 38.4 Å². The predicted octanol–water partition coefficient (Wildman–Crippen LogP) is 2.06. The largest absolute Gasteiger partial charge is 0.379 e. The Bertz CT molecular complexity index is 628. The number of nitrogens with one attached hydrogen (secondary N) is 2. The van der Waals surface area contributed by atoms with Crippen molar-refractivity contribution in [1.82, 2.24) is 10.2 Å². The third kappa shape index (κ3) is 5.42. The fourth-order valence-corrected chi connectivity index (χ4v) is 2.75. The van der Waals surface area contributed by atoms with Gasteiger partial charge in [-0.3, -0.25) is 14.5 Å². The van der Waals surface area contributed by atoms with Crippen LogP contribution in [0.2, 0.25) is 5.02 Å². The van der Waals surface area contributed by atoms with E-state index in [2.05, 4.69) is 15.5 Å². The van der Waals surface area contributed by atoms with Crippen LogP contribution in [0.3, 0.4) is 0 Å². The molecule has 7 heteroatoms. The summed E-state index contributed by atoms with van der Waals surface area (Å²) >= 11 is 5.93. The number of halogens is 1. The van der Waals surface area contributed by atoms with Gasteiger partial charge in [-0.25, -0.2) is 0 Å². The number of benzene rings is 1. The highest BCUT2D eigenvalue weighted by Crippen LogP contribution is 2.23. The normalized spacial score (nSPS) is 15.7. The Morgan fingerprint density at radius 1 is 1.24 bits per heavy atom. The van der Waals surface area contributed by atoms with E-state index in [-0.39, 0.29) is 11.8 Å². The number of carbonyl (C=O) groups is 2. The minimum absolute atomic E-state index is 0.287. The van der Waals surface area contributed by atoms with Gasteiger partial charge in [0.2, 0.25) is 11.8 Å². The number of carbonyl (C=O) groups excluding carboxylic acids is 2. The summed E-state index contributed by atoms with van der Waals surface area (Å²) in [5, 5.41) is 6.28. The molecule has 2 amide bonds. The third-order valence-corrected chi connectivity index (χ3v) is 4.62. The number of aryl methyl sites for hydroxylation is 1. The Balaban J connectivity index is 1.87. The fraction of sp³-hybridized carbons (Fsp3) is 0.556. The monoisotopic (exact) mass is 367 g/mol. The maximum absolute atomic E-state index is 12.5. The topological polar surface area (TPSA) is 70.7 Å². The number of hydrogen-bond acceptors (Lipinski definition) is 4. The number of rotatable bonds is 6. The molecule has 1 heterocycles. The number of ether oxygens (including phenoxy) is 1. The molecule has 0 saturated carbocycles. The van der Waals surface area contributed by atoms with Gasteiger partial charge in [0.05, 0.1) is 13.2 Å². The van der Waals surface area contributed by atoms with Gasteiger partial charge in [-0.15, -0.1) is 0 Å². The molecule has 2 N–H and O–H groups in total. The van der Waals surface area contributed by atoms with Gasteiger partial charge in [0.15, 0.2) is 0 Å². The molecular weight excluding hydrogens is 342 g/mol. The zero-order valence-electron chi connectivity index (χ0n) is 15.0. The van der Waals surface area contributed by atoms with Crippen molar-refractivity contribution in [2.24, 2.45) is 5.41 Å². The van der Waals surface area contributed by atoms with Crippen molar-refractivity contribution in [3.05, 3.63) is 28.8 Å². The van der Waals surface area contributed by atoms with Crippen molar-refractivity contribution in [2.45, 2.75) is 20.8 Å². The molecule has 0 aromatic heterocycles. The van der Waals surface area contributed by atoms with Gasteiger partial charge in [-0.1, -0.05) is 11.6 Å². The summed E-state index contributed by atoms with van der Waals surface area (Å²) in [6.07, 6.45) is 0. The van der Waals surface area contributed by atoms with Gasteiger partial charge in [0.25, 0.3) is 0 Å². The van der Waals surface area contributed by atoms with Crippen LogP contribution < -0.4 is 10.6 Å². The zero-order chi connectivity index (χ0) is 18.4. The van der Waals surface area contributed by atoms with Crippen molar-refractivity contribution in [2.75, 3.05) is 44.7 Å². The van der Waals surface area contributed by atoms with Crippen molar-refractivity contribution >= 4 is 29.1 Å². The molecule has 25 heavy (non-hydrogen) atoms. The smallest absolute Gasteiger partial charge is 0.239 e. The molecule has 1 saturated heterocycles. The van der Waals surface area contributed by atoms with Crippen molar-refractivity contribution in [3.8, 4) is 0 Å². The molecule has 0 atom stereocenters. The van der Waals surface area contributed by atoms with Crippen LogP contribution in [-0.2, 0) is 14.3 Å². The molecule has 0 radical (unpaired) electrons. The fourth-order valence-electron chi connectivity index (χ4n) is 2.52. The average molecular weight is 368 g/mol. The van der Waals surface area contributed by atoms with Gasteiger partial charge in [0.1, 0.15) is 5.41 Å². The minimum Gasteiger partial charge on any atom is -0.379 e. The van der Waals surface area contributed by atoms with Gasteiger partial charge < -0.3 is 15.4 Å². The molecule has 1 aliphatic heterocycles. The Hall–Kier alpha value is -1.63. The molecule has 138 valence electrons. The second-order valence-electron chi connectivity index (χ2n) is 6.75. The van der Waals surface area contributed by atoms with Crippen LogP contribution in [0.5, 0.6) is 0 Å². The Labute approximate surface area is 153 Å². The van der Waals surface area contributed by atoms with Crippen LogP contribution in [0, 0.1) is 12.3 Å². The molecule has 1 fully saturated rings. The SMILES string of the molecule is Cc1cc(Cl)ccc1NC(=O)C(C)(C)C(=O)NCCN1CCOCC1. The van der Waals surface area contributed by atoms with Crippen LogP contribution in [0.1, 0.15) is 19.4 Å². The van der Waals surface area contributed by atoms with E-state index in [9.17, 15) is 9.59 Å². The van der Waals surface area contributed by atoms with Crippen molar-refractivity contribution < 1.29 is 14.3 Å². The van der Waals surface area contributed by atoms with Gasteiger partial charge in [-0.2, -0.15) is 0 Å². The molecule has 0 bridgehead atoms. The van der Waals surface area contributed by atoms with E-state index in [1.54, 1.807) is 32.0 Å². The van der Waals surface area contributed by atoms with Crippen LogP contribution >= 0.6 is 11.6 Å². The highest BCUT2D eigenvalue weighted by molar-refractivity contribution is 6.30. The van der Waals surface area contributed by atoms with Gasteiger partial charge in [-0.05, 0) is 44.5 Å². The molecule has 1 aliphatic rings. The van der Waals surface area contributed by atoms with Gasteiger partial charge in [0, 0.05) is 36.9 Å². The van der Waals surface area contributed by atoms with Crippen molar-refractivity contribution in [1.29, 1.82) is 0 Å². The zero-order valence-corrected chi connectivity index (χ0v) is 15.8. The number of hydrogen-bond donors (Lipinski definition) is 2. The lowest BCUT2D eigenvalue weighted by Gasteiger charge is -2.28. The van der Waals surface area contributed by atoms with E-state index in [0.29, 0.717) is 17.3 Å². The lowest BCUT2D eigenvalue weighted by Crippen LogP contribution is -2.48. The highest BCUT2D eigenvalue weighted by Gasteiger charge is 2.36. The molecule has 0 spiro atoms. The summed E-state index contributed by atoms with van der Waals surface area (Å²) in [5.74, 6) is -0.633. The van der Waals surface area contributed by atoms with Crippen LogP contribution in [0.25, 0.3) is 0 Å². The lowest BCUT2D eigenvalue weighted by molar-refractivity contribution is -0.138. The summed E-state index contributed by atoms with van der Waals surface area (Å²) in [6, 6.07) is 5.22. The van der Waals surface area contributed by atoms with Crippen molar-refractivity contribution in [3.63, 3.8) is 0 Å². The quantitative estimate of drug-likeness (QED) is 0.755. The highest BCUT2D eigenvalue weighted by atomic mass is 35.5. The first-order valence-electron chi connectivity index (χ1n) is 8.46. The molecule has 6 nitrogen and oxygen atoms in total. The van der Waals surface area contributed by atoms with Gasteiger partial charge >= 0.3 is 0 Å². The van der Waals surface area contributed by atoms with Crippen LogP contribution in [0.4, 0.5) is 5.69 Å². The predicted molar refractivity (Wildman–Crippen MR) is 98.9 cm³/mol. The second kappa shape index (κ2) is 8.65. The summed E-state index contributed by atoms with van der Waals surface area (Å²) in [5.41, 5.74) is 0.338. The van der Waals surface area contributed by atoms with E-state index in [1.165, 1.54) is 0 Å². The molecule has 1 aromatic rings. The van der Waals surface area contributed by atoms with E-state index in [4.69, 9.17) is 16.3 Å². The summed E-state index contributed by atoms with van der Waals surface area (Å²) in [6.45, 7) is 9.56. The molecule has 1 aromatic carbocycles. The Kier molecular flexibility index (Phi) is 6.81. The standard InChI is InChI=1S/C18H26ClN3O3/c1-13-12-14(19)4-5-15(13)21-17(24)18(2,3)16(23)20-6-7-22-8-10-25-11-9-22/h4-5,12H,6-11H2,1-3H3,(H,20,23)(H,21,24). The van der Waals surface area contributed by atoms with Crippen LogP contribution in [0.15, 0.2) is 18.2 Å². The maximum Gasteiger partial charge on any atom is 0.239 e. The number of nitrogens with zero attached hydrogens (tertiary/aromatic N) is 1. The summed E-state index contributed by atoms with van der Waals surface area (Å²) in [4.78, 5) is 27.2. The summed E-state index contributed by atoms with van der Waals surface area (Å²) in [7, 11) is 0.